The number of nitrogens with zero attached hydrogens (tertiary/aromatic N) is 4. The Hall–Kier alpha value is -2.45. The molecule has 0 bridgehead atoms. The molecule has 1 aliphatic heterocycles. The number of amides is 1. The van der Waals surface area contributed by atoms with Gasteiger partial charge >= 0.3 is 0 Å². The van der Waals surface area contributed by atoms with Gasteiger partial charge in [0.1, 0.15) is 5.69 Å². The Morgan fingerprint density at radius 3 is 2.71 bits per heavy atom. The molecule has 0 unspecified atom stereocenters. The molecule has 3 heterocycles. The van der Waals surface area contributed by atoms with Crippen LogP contribution in [-0.2, 0) is 6.54 Å². The zero-order chi connectivity index (χ0) is 19.7. The fourth-order valence-corrected chi connectivity index (χ4v) is 4.25. The summed E-state index contributed by atoms with van der Waals surface area (Å²) in [5, 5.41) is 8.83. The Morgan fingerprint density at radius 2 is 2.00 bits per heavy atom. The third-order valence-corrected chi connectivity index (χ3v) is 6.12. The second kappa shape index (κ2) is 7.89. The molecule has 1 amide bonds. The van der Waals surface area contributed by atoms with Gasteiger partial charge in [-0.1, -0.05) is 42.0 Å². The van der Waals surface area contributed by atoms with Crippen molar-refractivity contribution in [2.24, 2.45) is 5.92 Å². The summed E-state index contributed by atoms with van der Waals surface area (Å²) < 4.78 is 1.47. The molecule has 1 fully saturated rings. The van der Waals surface area contributed by atoms with Crippen molar-refractivity contribution in [3.63, 3.8) is 0 Å². The fraction of sp³-hybridized carbons (Fsp3) is 0.368. The molecule has 4 rings (SSSR count). The van der Waals surface area contributed by atoms with Gasteiger partial charge in [0, 0.05) is 30.7 Å². The third kappa shape index (κ3) is 4.02. The molecule has 0 saturated carbocycles. The topological polar surface area (TPSA) is 79.6 Å². The van der Waals surface area contributed by atoms with Crippen molar-refractivity contribution in [1.82, 2.24) is 19.9 Å². The number of benzene rings is 1. The van der Waals surface area contributed by atoms with Crippen molar-refractivity contribution in [1.29, 1.82) is 0 Å². The lowest BCUT2D eigenvalue weighted by atomic mass is 10.00. The van der Waals surface area contributed by atoms with Crippen LogP contribution in [0.3, 0.4) is 0 Å². The predicted octanol–water partition coefficient (Wildman–Crippen LogP) is 2.97. The zero-order valence-corrected chi connectivity index (χ0v) is 17.0. The highest BCUT2D eigenvalue weighted by atomic mass is 35.5. The maximum Gasteiger partial charge on any atom is 0.274 e. The van der Waals surface area contributed by atoms with Crippen LogP contribution >= 0.6 is 22.9 Å². The van der Waals surface area contributed by atoms with Gasteiger partial charge in [-0.3, -0.25) is 9.59 Å². The first-order valence-electron chi connectivity index (χ1n) is 9.18. The quantitative estimate of drug-likeness (QED) is 0.705. The van der Waals surface area contributed by atoms with E-state index in [2.05, 4.69) is 27.2 Å². The van der Waals surface area contributed by atoms with E-state index >= 15 is 0 Å². The number of piperidine rings is 1. The summed E-state index contributed by atoms with van der Waals surface area (Å²) in [5.41, 5.74) is 0.660. The Balaban J connectivity index is 1.58. The molecule has 28 heavy (non-hydrogen) atoms. The van der Waals surface area contributed by atoms with Gasteiger partial charge in [-0.25, -0.2) is 0 Å². The number of carbonyl (C=O) groups excluding carboxylic acids is 1. The summed E-state index contributed by atoms with van der Waals surface area (Å²) in [4.78, 5) is 31.3. The van der Waals surface area contributed by atoms with Crippen LogP contribution in [0.5, 0.6) is 0 Å². The molecule has 3 aromatic rings. The van der Waals surface area contributed by atoms with E-state index in [-0.39, 0.29) is 11.6 Å². The molecule has 7 nitrogen and oxygen atoms in total. The van der Waals surface area contributed by atoms with Gasteiger partial charge in [-0.05, 0) is 36.5 Å². The van der Waals surface area contributed by atoms with Gasteiger partial charge in [0.25, 0.3) is 11.5 Å². The fourth-order valence-electron chi connectivity index (χ4n) is 3.17. The number of carbonyl (C=O) groups is 1. The number of halogens is 1. The molecular formula is C19H20ClN5O2S. The monoisotopic (exact) mass is 417 g/mol. The molecular weight excluding hydrogens is 398 g/mol. The van der Waals surface area contributed by atoms with E-state index in [4.69, 9.17) is 11.6 Å². The number of rotatable bonds is 4. The van der Waals surface area contributed by atoms with E-state index in [1.54, 1.807) is 12.1 Å². The van der Waals surface area contributed by atoms with Crippen molar-refractivity contribution in [2.45, 2.75) is 26.3 Å². The average Bonchev–Trinajstić information content (AvgIpc) is 3.11. The molecule has 0 atom stereocenters. The highest BCUT2D eigenvalue weighted by Gasteiger charge is 2.21. The van der Waals surface area contributed by atoms with Crippen LogP contribution in [-0.4, -0.2) is 33.6 Å². The van der Waals surface area contributed by atoms with Gasteiger partial charge in [0.2, 0.25) is 10.1 Å². The summed E-state index contributed by atoms with van der Waals surface area (Å²) in [6.07, 6.45) is 2.21. The van der Waals surface area contributed by atoms with E-state index in [0.29, 0.717) is 22.4 Å². The van der Waals surface area contributed by atoms with E-state index in [1.807, 2.05) is 12.1 Å². The molecule has 2 aromatic heterocycles. The van der Waals surface area contributed by atoms with Crippen LogP contribution in [0.25, 0.3) is 4.96 Å². The standard InChI is InChI=1S/C19H20ClN5O2S/c1-12-6-8-24(9-7-12)19-23-25-15(10-16(26)22-18(25)28-19)17(27)21-11-13-2-4-14(20)5-3-13/h2-5,10,12H,6-9,11H2,1H3,(H,21,27). The summed E-state index contributed by atoms with van der Waals surface area (Å²) in [5.74, 6) is 0.340. The van der Waals surface area contributed by atoms with Crippen molar-refractivity contribution in [3.8, 4) is 0 Å². The normalized spacial score (nSPS) is 15.1. The molecule has 1 aliphatic rings. The van der Waals surface area contributed by atoms with Crippen LogP contribution < -0.4 is 15.8 Å². The van der Waals surface area contributed by atoms with E-state index < -0.39 is 5.56 Å². The Labute approximate surface area is 171 Å². The lowest BCUT2D eigenvalue weighted by Crippen LogP contribution is -2.32. The van der Waals surface area contributed by atoms with Gasteiger partial charge in [-0.2, -0.15) is 9.50 Å². The lowest BCUT2D eigenvalue weighted by molar-refractivity contribution is 0.0943. The number of nitrogens with one attached hydrogen (secondary N) is 1. The van der Waals surface area contributed by atoms with Crippen molar-refractivity contribution in [3.05, 3.63) is 57.0 Å². The smallest absolute Gasteiger partial charge is 0.274 e. The summed E-state index contributed by atoms with van der Waals surface area (Å²) in [7, 11) is 0. The summed E-state index contributed by atoms with van der Waals surface area (Å²) in [6, 6.07) is 8.45. The van der Waals surface area contributed by atoms with E-state index in [1.165, 1.54) is 21.9 Å². The second-order valence-corrected chi connectivity index (χ2v) is 8.41. The molecule has 9 heteroatoms. The predicted molar refractivity (Wildman–Crippen MR) is 110 cm³/mol. The molecule has 0 radical (unpaired) electrons. The molecule has 1 aromatic carbocycles. The maximum atomic E-state index is 12.7. The van der Waals surface area contributed by atoms with Gasteiger partial charge < -0.3 is 10.2 Å². The minimum Gasteiger partial charge on any atom is -0.347 e. The largest absolute Gasteiger partial charge is 0.347 e. The van der Waals surface area contributed by atoms with Crippen LogP contribution in [0.4, 0.5) is 5.13 Å². The summed E-state index contributed by atoms with van der Waals surface area (Å²) in [6.45, 7) is 4.42. The summed E-state index contributed by atoms with van der Waals surface area (Å²) >= 11 is 7.22. The van der Waals surface area contributed by atoms with Crippen molar-refractivity contribution < 1.29 is 4.79 Å². The number of fused-ring (bicyclic) bond motifs is 1. The average molecular weight is 418 g/mol. The Morgan fingerprint density at radius 1 is 1.29 bits per heavy atom. The highest BCUT2D eigenvalue weighted by Crippen LogP contribution is 2.27. The van der Waals surface area contributed by atoms with Gasteiger partial charge in [-0.15, -0.1) is 5.10 Å². The maximum absolute atomic E-state index is 12.7. The van der Waals surface area contributed by atoms with Crippen LogP contribution in [0.1, 0.15) is 35.8 Å². The van der Waals surface area contributed by atoms with Crippen LogP contribution in [0.15, 0.2) is 35.1 Å². The third-order valence-electron chi connectivity index (χ3n) is 4.90. The first kappa shape index (κ1) is 18.9. The van der Waals surface area contributed by atoms with Crippen molar-refractivity contribution in [2.75, 3.05) is 18.0 Å². The zero-order valence-electron chi connectivity index (χ0n) is 15.4. The number of hydrogen-bond donors (Lipinski definition) is 1. The molecule has 1 saturated heterocycles. The molecule has 1 N–H and O–H groups in total. The second-order valence-electron chi connectivity index (χ2n) is 7.04. The first-order valence-corrected chi connectivity index (χ1v) is 10.4. The van der Waals surface area contributed by atoms with Crippen molar-refractivity contribution >= 4 is 38.9 Å². The van der Waals surface area contributed by atoms with E-state index in [9.17, 15) is 9.59 Å². The molecule has 146 valence electrons. The number of aromatic nitrogens is 3. The lowest BCUT2D eigenvalue weighted by Gasteiger charge is -2.29. The van der Waals surface area contributed by atoms with Gasteiger partial charge in [0.15, 0.2) is 0 Å². The Bertz CT molecular complexity index is 1050. The van der Waals surface area contributed by atoms with Crippen LogP contribution in [0, 0.1) is 5.92 Å². The van der Waals surface area contributed by atoms with E-state index in [0.717, 1.165) is 36.6 Å². The highest BCUT2D eigenvalue weighted by molar-refractivity contribution is 7.20. The van der Waals surface area contributed by atoms with Gasteiger partial charge in [0.05, 0.1) is 0 Å². The minimum atomic E-state index is -0.445. The molecule has 0 spiro atoms. The first-order chi connectivity index (χ1) is 13.5. The minimum absolute atomic E-state index is 0.192. The molecule has 0 aliphatic carbocycles. The van der Waals surface area contributed by atoms with Crippen LogP contribution in [0.2, 0.25) is 5.02 Å². The number of anilines is 1. The SMILES string of the molecule is CC1CCN(c2nn3c(C(=O)NCc4ccc(Cl)cc4)cc(=O)nc3s2)CC1. The Kier molecular flexibility index (Phi) is 5.32. The number of hydrogen-bond acceptors (Lipinski definition) is 6.